The number of anilines is 2. The van der Waals surface area contributed by atoms with Gasteiger partial charge in [-0.1, -0.05) is 0 Å². The third-order valence-electron chi connectivity index (χ3n) is 6.49. The highest BCUT2D eigenvalue weighted by atomic mass is 79.9. The second kappa shape index (κ2) is 10.6. The van der Waals surface area contributed by atoms with Crippen LogP contribution in [0, 0.1) is 5.92 Å². The molecular formula is C25H29BrN4O4. The van der Waals surface area contributed by atoms with E-state index in [0.717, 1.165) is 18.8 Å². The van der Waals surface area contributed by atoms with E-state index in [1.54, 1.807) is 19.1 Å². The van der Waals surface area contributed by atoms with E-state index in [1.807, 2.05) is 34.1 Å². The van der Waals surface area contributed by atoms with Gasteiger partial charge in [0.25, 0.3) is 0 Å². The molecule has 0 aromatic heterocycles. The van der Waals surface area contributed by atoms with Crippen LogP contribution in [0.1, 0.15) is 23.7 Å². The molecule has 0 bridgehead atoms. The summed E-state index contributed by atoms with van der Waals surface area (Å²) in [6.07, 6.45) is 0.711. The first-order valence-electron chi connectivity index (χ1n) is 11.5. The van der Waals surface area contributed by atoms with Gasteiger partial charge in [0.15, 0.2) is 5.78 Å². The van der Waals surface area contributed by atoms with Crippen LogP contribution in [-0.2, 0) is 9.59 Å². The number of rotatable bonds is 6. The first kappa shape index (κ1) is 24.2. The molecule has 1 atom stereocenters. The Morgan fingerprint density at radius 3 is 2.38 bits per heavy atom. The van der Waals surface area contributed by atoms with Crippen molar-refractivity contribution in [3.63, 3.8) is 0 Å². The molecule has 9 heteroatoms. The molecule has 8 nitrogen and oxygen atoms in total. The molecule has 2 fully saturated rings. The number of phenolic OH excluding ortho intramolecular Hbond substituents is 1. The quantitative estimate of drug-likeness (QED) is 0.442. The third-order valence-corrected chi connectivity index (χ3v) is 7.12. The zero-order valence-corrected chi connectivity index (χ0v) is 20.8. The number of Topliss-reactive ketones (excluding diaryl/α,β-unsaturated/α-hetero) is 1. The van der Waals surface area contributed by atoms with Crippen molar-refractivity contribution in [1.29, 1.82) is 0 Å². The Morgan fingerprint density at radius 1 is 1.03 bits per heavy atom. The molecule has 4 rings (SSSR count). The van der Waals surface area contributed by atoms with Crippen molar-refractivity contribution >= 4 is 44.9 Å². The Bertz CT molecular complexity index is 1070. The number of likely N-dealkylation sites (tertiary alicyclic amines) is 1. The number of benzene rings is 2. The average molecular weight is 529 g/mol. The lowest BCUT2D eigenvalue weighted by Crippen LogP contribution is -2.51. The maximum Gasteiger partial charge on any atom is 0.236 e. The van der Waals surface area contributed by atoms with E-state index in [-0.39, 0.29) is 29.3 Å². The van der Waals surface area contributed by atoms with Crippen LogP contribution in [0.25, 0.3) is 0 Å². The Morgan fingerprint density at radius 2 is 1.74 bits per heavy atom. The van der Waals surface area contributed by atoms with Crippen LogP contribution in [0.2, 0.25) is 0 Å². The molecular weight excluding hydrogens is 500 g/mol. The van der Waals surface area contributed by atoms with Crippen molar-refractivity contribution in [1.82, 2.24) is 9.80 Å². The summed E-state index contributed by atoms with van der Waals surface area (Å²) < 4.78 is 0.525. The number of ketones is 1. The molecule has 0 saturated carbocycles. The molecule has 0 aliphatic carbocycles. The highest BCUT2D eigenvalue weighted by molar-refractivity contribution is 9.10. The fraction of sp³-hybridized carbons (Fsp3) is 0.400. The number of piperazine rings is 1. The van der Waals surface area contributed by atoms with Crippen LogP contribution < -0.4 is 10.2 Å². The lowest BCUT2D eigenvalue weighted by atomic mass is 10.1. The number of hydrogen-bond acceptors (Lipinski definition) is 6. The van der Waals surface area contributed by atoms with Gasteiger partial charge in [0.2, 0.25) is 11.8 Å². The molecule has 0 spiro atoms. The summed E-state index contributed by atoms with van der Waals surface area (Å²) in [6, 6.07) is 12.5. The summed E-state index contributed by atoms with van der Waals surface area (Å²) in [5.41, 5.74) is 2.38. The summed E-state index contributed by atoms with van der Waals surface area (Å²) in [6.45, 7) is 5.95. The SMILES string of the molecule is CC(=O)c1ccc(N2CCN(C(=O)CN3CC[C@@H](C(=O)Nc4ccc(O)c(Br)c4)C3)CC2)cc1. The first-order valence-corrected chi connectivity index (χ1v) is 12.2. The molecule has 34 heavy (non-hydrogen) atoms. The number of nitrogens with zero attached hydrogens (tertiary/aromatic N) is 3. The fourth-order valence-corrected chi connectivity index (χ4v) is 4.81. The Balaban J connectivity index is 1.22. The molecule has 2 aliphatic rings. The second-order valence-electron chi connectivity index (χ2n) is 8.85. The van der Waals surface area contributed by atoms with E-state index in [0.29, 0.717) is 54.9 Å². The number of carbonyl (C=O) groups is 3. The van der Waals surface area contributed by atoms with Gasteiger partial charge in [0.05, 0.1) is 16.9 Å². The molecule has 0 radical (unpaired) electrons. The third kappa shape index (κ3) is 5.77. The standard InChI is InChI=1S/C25H29BrN4O4/c1-17(31)18-2-5-21(6-3-18)29-10-12-30(13-11-29)24(33)16-28-9-8-19(15-28)25(34)27-20-4-7-23(32)22(26)14-20/h2-7,14,19,32H,8-13,15-16H2,1H3,(H,27,34)/t19-/m1/s1. The topological polar surface area (TPSA) is 93.2 Å². The minimum absolute atomic E-state index is 0.0528. The molecule has 2 aliphatic heterocycles. The van der Waals surface area contributed by atoms with Crippen LogP contribution in [0.5, 0.6) is 5.75 Å². The Labute approximate surface area is 207 Å². The van der Waals surface area contributed by atoms with Gasteiger partial charge in [-0.25, -0.2) is 0 Å². The Kier molecular flexibility index (Phi) is 7.53. The largest absolute Gasteiger partial charge is 0.507 e. The number of phenols is 1. The molecule has 2 heterocycles. The van der Waals surface area contributed by atoms with Crippen LogP contribution >= 0.6 is 15.9 Å². The number of nitrogens with one attached hydrogen (secondary N) is 1. The zero-order chi connectivity index (χ0) is 24.2. The van der Waals surface area contributed by atoms with Crippen LogP contribution in [0.3, 0.4) is 0 Å². The van der Waals surface area contributed by atoms with Crippen molar-refractivity contribution in [3.8, 4) is 5.75 Å². The lowest BCUT2D eigenvalue weighted by Gasteiger charge is -2.36. The van der Waals surface area contributed by atoms with Crippen LogP contribution in [0.15, 0.2) is 46.9 Å². The van der Waals surface area contributed by atoms with Crippen molar-refractivity contribution < 1.29 is 19.5 Å². The molecule has 0 unspecified atom stereocenters. The van der Waals surface area contributed by atoms with Gasteiger partial charge in [-0.15, -0.1) is 0 Å². The van der Waals surface area contributed by atoms with Gasteiger partial charge in [-0.2, -0.15) is 0 Å². The smallest absolute Gasteiger partial charge is 0.236 e. The van der Waals surface area contributed by atoms with Crippen molar-refractivity contribution in [2.24, 2.45) is 5.92 Å². The molecule has 180 valence electrons. The summed E-state index contributed by atoms with van der Waals surface area (Å²) >= 11 is 3.25. The summed E-state index contributed by atoms with van der Waals surface area (Å²) in [7, 11) is 0. The lowest BCUT2D eigenvalue weighted by molar-refractivity contribution is -0.132. The molecule has 2 N–H and O–H groups in total. The Hall–Kier alpha value is -2.91. The monoisotopic (exact) mass is 528 g/mol. The van der Waals surface area contributed by atoms with Crippen LogP contribution in [-0.4, -0.2) is 78.3 Å². The maximum atomic E-state index is 12.9. The van der Waals surface area contributed by atoms with Gasteiger partial charge < -0.3 is 20.2 Å². The number of carbonyl (C=O) groups excluding carboxylic acids is 3. The molecule has 2 amide bonds. The van der Waals surface area contributed by atoms with Crippen LogP contribution in [0.4, 0.5) is 11.4 Å². The van der Waals surface area contributed by atoms with Gasteiger partial charge >= 0.3 is 0 Å². The van der Waals surface area contributed by atoms with E-state index in [1.165, 1.54) is 6.07 Å². The zero-order valence-electron chi connectivity index (χ0n) is 19.2. The first-order chi connectivity index (χ1) is 16.3. The number of amides is 2. The van der Waals surface area contributed by atoms with E-state index < -0.39 is 0 Å². The van der Waals surface area contributed by atoms with Gasteiger partial charge in [-0.3, -0.25) is 19.3 Å². The second-order valence-corrected chi connectivity index (χ2v) is 9.70. The van der Waals surface area contributed by atoms with Crippen molar-refractivity contribution in [3.05, 3.63) is 52.5 Å². The van der Waals surface area contributed by atoms with E-state index in [2.05, 4.69) is 26.1 Å². The van der Waals surface area contributed by atoms with E-state index in [9.17, 15) is 19.5 Å². The highest BCUT2D eigenvalue weighted by Gasteiger charge is 2.31. The van der Waals surface area contributed by atoms with E-state index >= 15 is 0 Å². The fourth-order valence-electron chi connectivity index (χ4n) is 4.43. The number of halogens is 1. The van der Waals surface area contributed by atoms with Crippen molar-refractivity contribution in [2.75, 3.05) is 56.0 Å². The predicted octanol–water partition coefficient (Wildman–Crippen LogP) is 2.97. The maximum absolute atomic E-state index is 12.9. The summed E-state index contributed by atoms with van der Waals surface area (Å²) in [5.74, 6) is 0.0227. The summed E-state index contributed by atoms with van der Waals surface area (Å²) in [5, 5.41) is 12.5. The summed E-state index contributed by atoms with van der Waals surface area (Å²) in [4.78, 5) is 43.1. The average Bonchev–Trinajstić information content (AvgIpc) is 3.30. The van der Waals surface area contributed by atoms with Gasteiger partial charge in [0.1, 0.15) is 5.75 Å². The normalized spacial score (nSPS) is 18.7. The highest BCUT2D eigenvalue weighted by Crippen LogP contribution is 2.27. The molecule has 2 saturated heterocycles. The molecule has 2 aromatic rings. The molecule has 2 aromatic carbocycles. The number of hydrogen-bond donors (Lipinski definition) is 2. The van der Waals surface area contributed by atoms with Crippen molar-refractivity contribution in [2.45, 2.75) is 13.3 Å². The number of aromatic hydroxyl groups is 1. The van der Waals surface area contributed by atoms with Gasteiger partial charge in [-0.05, 0) is 78.3 Å². The van der Waals surface area contributed by atoms with Gasteiger partial charge in [0, 0.05) is 49.7 Å². The predicted molar refractivity (Wildman–Crippen MR) is 134 cm³/mol. The van der Waals surface area contributed by atoms with E-state index in [4.69, 9.17) is 0 Å². The minimum atomic E-state index is -0.171. The minimum Gasteiger partial charge on any atom is -0.507 e.